The summed E-state index contributed by atoms with van der Waals surface area (Å²) in [5.41, 5.74) is 0. The number of nitrogens with zero attached hydrogens (tertiary/aromatic N) is 2. The maximum atomic E-state index is 9.16. The standard InChI is InChI=1S/C17H36N2O2/c1-3-4-5-6-7-8-16(2)19-11-9-18(10-12-19)13-17(14-20)15-21/h16-17,20-21H,3-15H2,1-2H3. The molecule has 1 heterocycles. The van der Waals surface area contributed by atoms with Crippen molar-refractivity contribution in [2.24, 2.45) is 5.92 Å². The van der Waals surface area contributed by atoms with Gasteiger partial charge in [-0.25, -0.2) is 0 Å². The number of hydrogen-bond acceptors (Lipinski definition) is 4. The second kappa shape index (κ2) is 11.4. The minimum Gasteiger partial charge on any atom is -0.396 e. The van der Waals surface area contributed by atoms with Crippen LogP contribution in [0.25, 0.3) is 0 Å². The quantitative estimate of drug-likeness (QED) is 0.573. The fourth-order valence-corrected chi connectivity index (χ4v) is 3.15. The molecule has 4 heteroatoms. The van der Waals surface area contributed by atoms with Gasteiger partial charge in [0.1, 0.15) is 0 Å². The van der Waals surface area contributed by atoms with E-state index in [0.29, 0.717) is 6.04 Å². The molecule has 0 aliphatic carbocycles. The van der Waals surface area contributed by atoms with E-state index in [2.05, 4.69) is 23.6 Å². The van der Waals surface area contributed by atoms with E-state index in [4.69, 9.17) is 10.2 Å². The van der Waals surface area contributed by atoms with Crippen LogP contribution in [-0.2, 0) is 0 Å². The Morgan fingerprint density at radius 3 is 2.10 bits per heavy atom. The van der Waals surface area contributed by atoms with Crippen LogP contribution in [0.4, 0.5) is 0 Å². The summed E-state index contributed by atoms with van der Waals surface area (Å²) in [6.45, 7) is 10.0. The van der Waals surface area contributed by atoms with E-state index in [9.17, 15) is 0 Å². The van der Waals surface area contributed by atoms with Gasteiger partial charge >= 0.3 is 0 Å². The fraction of sp³-hybridized carbons (Fsp3) is 1.00. The van der Waals surface area contributed by atoms with E-state index in [0.717, 1.165) is 32.7 Å². The van der Waals surface area contributed by atoms with Crippen molar-refractivity contribution >= 4 is 0 Å². The van der Waals surface area contributed by atoms with Gasteiger partial charge in [0.2, 0.25) is 0 Å². The van der Waals surface area contributed by atoms with Crippen molar-refractivity contribution in [1.82, 2.24) is 9.80 Å². The summed E-state index contributed by atoms with van der Waals surface area (Å²) in [4.78, 5) is 4.98. The highest BCUT2D eigenvalue weighted by Crippen LogP contribution is 2.14. The van der Waals surface area contributed by atoms with Crippen LogP contribution in [0.5, 0.6) is 0 Å². The van der Waals surface area contributed by atoms with Crippen molar-refractivity contribution in [3.8, 4) is 0 Å². The molecule has 4 nitrogen and oxygen atoms in total. The highest BCUT2D eigenvalue weighted by Gasteiger charge is 2.22. The Kier molecular flexibility index (Phi) is 10.3. The zero-order valence-corrected chi connectivity index (χ0v) is 14.1. The van der Waals surface area contributed by atoms with Crippen molar-refractivity contribution in [2.75, 3.05) is 45.9 Å². The predicted molar refractivity (Wildman–Crippen MR) is 88.5 cm³/mol. The first-order valence-electron chi connectivity index (χ1n) is 8.89. The van der Waals surface area contributed by atoms with E-state index in [1.165, 1.54) is 38.5 Å². The monoisotopic (exact) mass is 300 g/mol. The summed E-state index contributed by atoms with van der Waals surface area (Å²) in [5.74, 6) is 0.0209. The molecule has 0 spiro atoms. The molecule has 0 amide bonds. The van der Waals surface area contributed by atoms with Gasteiger partial charge in [-0.1, -0.05) is 39.0 Å². The Bertz CT molecular complexity index is 239. The summed E-state index contributed by atoms with van der Waals surface area (Å²) >= 11 is 0. The van der Waals surface area contributed by atoms with Gasteiger partial charge in [0, 0.05) is 57.9 Å². The summed E-state index contributed by atoms with van der Waals surface area (Å²) in [6.07, 6.45) is 8.15. The summed E-state index contributed by atoms with van der Waals surface area (Å²) < 4.78 is 0. The molecule has 1 rings (SSSR count). The second-order valence-electron chi connectivity index (χ2n) is 6.62. The largest absolute Gasteiger partial charge is 0.396 e. The zero-order valence-electron chi connectivity index (χ0n) is 14.1. The van der Waals surface area contributed by atoms with Crippen LogP contribution in [0.2, 0.25) is 0 Å². The van der Waals surface area contributed by atoms with Crippen LogP contribution in [0.1, 0.15) is 52.4 Å². The third kappa shape index (κ3) is 7.59. The van der Waals surface area contributed by atoms with Gasteiger partial charge in [-0.3, -0.25) is 4.90 Å². The molecule has 21 heavy (non-hydrogen) atoms. The topological polar surface area (TPSA) is 46.9 Å². The molecule has 1 aliphatic heterocycles. The highest BCUT2D eigenvalue weighted by molar-refractivity contribution is 4.77. The van der Waals surface area contributed by atoms with Gasteiger partial charge in [0.25, 0.3) is 0 Å². The molecule has 0 saturated carbocycles. The minimum absolute atomic E-state index is 0.0209. The average molecular weight is 300 g/mol. The summed E-state index contributed by atoms with van der Waals surface area (Å²) in [5, 5.41) is 18.3. The Hall–Kier alpha value is -0.160. The lowest BCUT2D eigenvalue weighted by molar-refractivity contribution is 0.0612. The van der Waals surface area contributed by atoms with E-state index in [-0.39, 0.29) is 19.1 Å². The van der Waals surface area contributed by atoms with Crippen molar-refractivity contribution in [1.29, 1.82) is 0 Å². The number of aliphatic hydroxyl groups is 2. The first-order valence-corrected chi connectivity index (χ1v) is 8.89. The fourth-order valence-electron chi connectivity index (χ4n) is 3.15. The van der Waals surface area contributed by atoms with Gasteiger partial charge in [-0.2, -0.15) is 0 Å². The molecule has 1 aliphatic rings. The van der Waals surface area contributed by atoms with Gasteiger partial charge in [0.05, 0.1) is 0 Å². The van der Waals surface area contributed by atoms with Gasteiger partial charge < -0.3 is 15.1 Å². The van der Waals surface area contributed by atoms with Crippen LogP contribution in [0, 0.1) is 5.92 Å². The number of aliphatic hydroxyl groups excluding tert-OH is 2. The number of rotatable bonds is 11. The van der Waals surface area contributed by atoms with Crippen LogP contribution in [-0.4, -0.2) is 72.0 Å². The smallest absolute Gasteiger partial charge is 0.0493 e. The second-order valence-corrected chi connectivity index (χ2v) is 6.62. The molecular weight excluding hydrogens is 264 g/mol. The molecule has 1 atom stereocenters. The zero-order chi connectivity index (χ0) is 15.5. The molecule has 0 aromatic heterocycles. The van der Waals surface area contributed by atoms with Crippen molar-refractivity contribution in [2.45, 2.75) is 58.4 Å². The third-order valence-corrected chi connectivity index (χ3v) is 4.79. The maximum Gasteiger partial charge on any atom is 0.0493 e. The van der Waals surface area contributed by atoms with Crippen LogP contribution >= 0.6 is 0 Å². The van der Waals surface area contributed by atoms with Gasteiger partial charge in [-0.15, -0.1) is 0 Å². The van der Waals surface area contributed by atoms with Gasteiger partial charge in [0.15, 0.2) is 0 Å². The number of piperazine rings is 1. The van der Waals surface area contributed by atoms with E-state index in [1.54, 1.807) is 0 Å². The molecule has 126 valence electrons. The van der Waals surface area contributed by atoms with E-state index >= 15 is 0 Å². The molecule has 1 fully saturated rings. The first-order chi connectivity index (χ1) is 10.2. The Balaban J connectivity index is 2.13. The maximum absolute atomic E-state index is 9.16. The molecule has 2 N–H and O–H groups in total. The third-order valence-electron chi connectivity index (χ3n) is 4.79. The molecule has 0 bridgehead atoms. The van der Waals surface area contributed by atoms with Gasteiger partial charge in [-0.05, 0) is 13.3 Å². The Morgan fingerprint density at radius 1 is 0.905 bits per heavy atom. The minimum atomic E-state index is 0.0209. The normalized spacial score (nSPS) is 19.3. The molecule has 0 radical (unpaired) electrons. The number of hydrogen-bond donors (Lipinski definition) is 2. The highest BCUT2D eigenvalue weighted by atomic mass is 16.3. The lowest BCUT2D eigenvalue weighted by Gasteiger charge is -2.39. The van der Waals surface area contributed by atoms with Crippen LogP contribution in [0.15, 0.2) is 0 Å². The Morgan fingerprint density at radius 2 is 1.52 bits per heavy atom. The molecule has 0 aromatic carbocycles. The SMILES string of the molecule is CCCCCCCC(C)N1CCN(CC(CO)CO)CC1. The summed E-state index contributed by atoms with van der Waals surface area (Å²) in [6, 6.07) is 0.695. The molecular formula is C17H36N2O2. The first kappa shape index (κ1) is 18.9. The van der Waals surface area contributed by atoms with Crippen molar-refractivity contribution in [3.63, 3.8) is 0 Å². The average Bonchev–Trinajstić information content (AvgIpc) is 2.52. The lowest BCUT2D eigenvalue weighted by atomic mass is 10.1. The summed E-state index contributed by atoms with van der Waals surface area (Å²) in [7, 11) is 0. The van der Waals surface area contributed by atoms with Crippen LogP contribution < -0.4 is 0 Å². The van der Waals surface area contributed by atoms with E-state index < -0.39 is 0 Å². The Labute approximate surface area is 131 Å². The van der Waals surface area contributed by atoms with E-state index in [1.807, 2.05) is 0 Å². The van der Waals surface area contributed by atoms with Crippen LogP contribution in [0.3, 0.4) is 0 Å². The molecule has 1 unspecified atom stereocenters. The molecule has 1 saturated heterocycles. The number of unbranched alkanes of at least 4 members (excludes halogenated alkanes) is 4. The lowest BCUT2D eigenvalue weighted by Crippen LogP contribution is -2.51. The predicted octanol–water partition coefficient (Wildman–Crippen LogP) is 1.95. The molecule has 0 aromatic rings. The van der Waals surface area contributed by atoms with Crippen molar-refractivity contribution < 1.29 is 10.2 Å². The van der Waals surface area contributed by atoms with Crippen molar-refractivity contribution in [3.05, 3.63) is 0 Å².